The summed E-state index contributed by atoms with van der Waals surface area (Å²) in [6.07, 6.45) is 7.60. The van der Waals surface area contributed by atoms with Crippen molar-refractivity contribution < 1.29 is 9.59 Å². The quantitative estimate of drug-likeness (QED) is 0.0775. The van der Waals surface area contributed by atoms with Crippen molar-refractivity contribution in [1.82, 2.24) is 10.6 Å². The number of hydrogen-bond acceptors (Lipinski definition) is 5. The van der Waals surface area contributed by atoms with Crippen LogP contribution in [0.1, 0.15) is 49.5 Å². The van der Waals surface area contributed by atoms with Gasteiger partial charge in [-0.05, 0) is 39.4 Å². The number of benzene rings is 1. The smallest absolute Gasteiger partial charge is 0.250 e. The summed E-state index contributed by atoms with van der Waals surface area (Å²) in [5, 5.41) is 20.2. The minimum atomic E-state index is -0.195. The predicted octanol–water partition coefficient (Wildman–Crippen LogP) is 2.91. The summed E-state index contributed by atoms with van der Waals surface area (Å²) >= 11 is 0. The lowest BCUT2D eigenvalue weighted by molar-refractivity contribution is -0.117. The van der Waals surface area contributed by atoms with Crippen LogP contribution in [0.5, 0.6) is 0 Å². The Morgan fingerprint density at radius 1 is 1.06 bits per heavy atom. The van der Waals surface area contributed by atoms with Gasteiger partial charge in [-0.3, -0.25) is 20.4 Å². The fraction of sp³-hybridized carbons (Fsp3) is 0.333. The van der Waals surface area contributed by atoms with E-state index in [2.05, 4.69) is 17.2 Å². The number of hydrogen-bond donors (Lipinski definition) is 6. The first-order chi connectivity index (χ1) is 15.3. The van der Waals surface area contributed by atoms with Gasteiger partial charge in [0, 0.05) is 28.8 Å². The van der Waals surface area contributed by atoms with E-state index in [0.717, 1.165) is 25.7 Å². The number of nitrogens with two attached hydrogens (primary N) is 2. The van der Waals surface area contributed by atoms with Crippen molar-refractivity contribution in [3.8, 4) is 0 Å². The van der Waals surface area contributed by atoms with E-state index in [4.69, 9.17) is 22.3 Å². The number of rotatable bonds is 11. The molecule has 0 unspecified atom stereocenters. The van der Waals surface area contributed by atoms with E-state index in [1.54, 1.807) is 49.4 Å². The van der Waals surface area contributed by atoms with Crippen molar-refractivity contribution in [2.75, 3.05) is 20.1 Å². The van der Waals surface area contributed by atoms with E-state index >= 15 is 0 Å². The van der Waals surface area contributed by atoms with Gasteiger partial charge in [-0.25, -0.2) is 0 Å². The molecular weight excluding hydrogens is 404 g/mol. The van der Waals surface area contributed by atoms with Crippen LogP contribution in [-0.2, 0) is 4.79 Å². The van der Waals surface area contributed by atoms with Crippen molar-refractivity contribution in [2.24, 2.45) is 11.5 Å². The first-order valence-corrected chi connectivity index (χ1v) is 10.5. The summed E-state index contributed by atoms with van der Waals surface area (Å²) in [4.78, 5) is 21.9. The zero-order chi connectivity index (χ0) is 24.9. The second kappa shape index (κ2) is 19.4. The third kappa shape index (κ3) is 14.5. The molecule has 0 aliphatic carbocycles. The number of allylic oxidation sites excluding steroid dienone is 1. The van der Waals surface area contributed by atoms with Gasteiger partial charge in [0.05, 0.1) is 0 Å². The molecule has 0 atom stereocenters. The normalized spacial score (nSPS) is 10.2. The Bertz CT molecular complexity index is 795. The number of nitrogen functional groups attached to an aromatic ring is 1. The second-order valence-electron chi connectivity index (χ2n) is 6.24. The summed E-state index contributed by atoms with van der Waals surface area (Å²) in [6.45, 7) is 11.0. The van der Waals surface area contributed by atoms with Crippen LogP contribution < -0.4 is 22.1 Å². The maximum Gasteiger partial charge on any atom is 0.250 e. The fourth-order valence-electron chi connectivity index (χ4n) is 2.09. The largest absolute Gasteiger partial charge is 0.384 e. The van der Waals surface area contributed by atoms with E-state index < -0.39 is 0 Å². The first kappa shape index (κ1) is 30.7. The minimum absolute atomic E-state index is 0.0162. The van der Waals surface area contributed by atoms with E-state index in [1.807, 2.05) is 20.9 Å². The molecule has 8 nitrogen and oxygen atoms in total. The third-order valence-electron chi connectivity index (χ3n) is 3.87. The van der Waals surface area contributed by atoms with Crippen molar-refractivity contribution in [2.45, 2.75) is 33.6 Å². The molecule has 1 rings (SSSR count). The van der Waals surface area contributed by atoms with E-state index in [0.29, 0.717) is 28.8 Å². The second-order valence-corrected chi connectivity index (χ2v) is 6.24. The molecule has 0 aliphatic heterocycles. The van der Waals surface area contributed by atoms with Gasteiger partial charge in [0.1, 0.15) is 18.0 Å². The molecule has 1 aromatic rings. The molecule has 0 fully saturated rings. The molecule has 1 aromatic carbocycles. The molecule has 8 heteroatoms. The van der Waals surface area contributed by atoms with E-state index in [-0.39, 0.29) is 17.6 Å². The topological polar surface area (TPSA) is 158 Å². The van der Waals surface area contributed by atoms with Crippen LogP contribution in [-0.4, -0.2) is 44.0 Å². The Morgan fingerprint density at radius 2 is 1.62 bits per heavy atom. The Labute approximate surface area is 191 Å². The molecule has 0 radical (unpaired) electrons. The number of amides is 1. The first-order valence-electron chi connectivity index (χ1n) is 10.5. The SMILES string of the molecule is C=C(/C=C\C(=C/C)C(=N)N)C(=O)NCCCCNC.CC.N=C(N)c1ccc(C=O)cc1. The highest BCUT2D eigenvalue weighted by Crippen LogP contribution is 2.01. The lowest BCUT2D eigenvalue weighted by Gasteiger charge is -2.05. The Kier molecular flexibility index (Phi) is 18.6. The van der Waals surface area contributed by atoms with Gasteiger partial charge in [-0.2, -0.15) is 0 Å². The van der Waals surface area contributed by atoms with Crippen LogP contribution >= 0.6 is 0 Å². The number of nitrogens with one attached hydrogen (secondary N) is 4. The molecule has 8 N–H and O–H groups in total. The van der Waals surface area contributed by atoms with Crippen LogP contribution in [0.25, 0.3) is 0 Å². The molecule has 0 aromatic heterocycles. The molecule has 0 saturated carbocycles. The monoisotopic (exact) mass is 442 g/mol. The molecule has 0 spiro atoms. The lowest BCUT2D eigenvalue weighted by atomic mass is 10.1. The van der Waals surface area contributed by atoms with Gasteiger partial charge in [-0.15, -0.1) is 0 Å². The van der Waals surface area contributed by atoms with Crippen LogP contribution in [0.4, 0.5) is 0 Å². The molecule has 0 bridgehead atoms. The highest BCUT2D eigenvalue weighted by atomic mass is 16.1. The third-order valence-corrected chi connectivity index (χ3v) is 3.87. The number of carbonyl (C=O) groups excluding carboxylic acids is 2. The van der Waals surface area contributed by atoms with Crippen molar-refractivity contribution in [1.29, 1.82) is 10.8 Å². The van der Waals surface area contributed by atoms with Crippen LogP contribution in [0.15, 0.2) is 60.2 Å². The summed E-state index contributed by atoms with van der Waals surface area (Å²) in [5.74, 6) is -0.207. The van der Waals surface area contributed by atoms with Gasteiger partial charge >= 0.3 is 0 Å². The Hall–Kier alpha value is -3.52. The highest BCUT2D eigenvalue weighted by molar-refractivity contribution is 5.99. The number of amidine groups is 2. The van der Waals surface area contributed by atoms with Gasteiger partial charge in [-0.1, -0.05) is 56.8 Å². The van der Waals surface area contributed by atoms with Crippen LogP contribution in [0, 0.1) is 10.8 Å². The molecule has 32 heavy (non-hydrogen) atoms. The summed E-state index contributed by atoms with van der Waals surface area (Å²) in [5.41, 5.74) is 12.7. The number of unbranched alkanes of at least 4 members (excludes halogenated alkanes) is 1. The zero-order valence-corrected chi connectivity index (χ0v) is 19.6. The van der Waals surface area contributed by atoms with Gasteiger partial charge in [0.2, 0.25) is 0 Å². The van der Waals surface area contributed by atoms with E-state index in [9.17, 15) is 9.59 Å². The standard InChI is InChI=1S/C14H24N4O.C8H8N2O.C2H6/c1-4-12(13(15)16)8-7-11(2)14(19)18-10-6-5-9-17-3;9-8(10)7-3-1-6(5-11)2-4-7;1-2/h4,7-8,17H,2,5-6,9-10H2,1,3H3,(H3,15,16)(H,18,19);1-5H,(H3,9,10);1-2H3/b8-7-,12-4+;;. The Balaban J connectivity index is 0. The fourth-order valence-corrected chi connectivity index (χ4v) is 2.09. The van der Waals surface area contributed by atoms with Gasteiger partial charge in [0.25, 0.3) is 5.91 Å². The Morgan fingerprint density at radius 3 is 2.06 bits per heavy atom. The van der Waals surface area contributed by atoms with Gasteiger partial charge in [0.15, 0.2) is 0 Å². The summed E-state index contributed by atoms with van der Waals surface area (Å²) in [7, 11) is 1.90. The summed E-state index contributed by atoms with van der Waals surface area (Å²) < 4.78 is 0. The number of aldehydes is 1. The summed E-state index contributed by atoms with van der Waals surface area (Å²) in [6, 6.07) is 6.55. The van der Waals surface area contributed by atoms with E-state index in [1.165, 1.54) is 0 Å². The lowest BCUT2D eigenvalue weighted by Crippen LogP contribution is -2.25. The zero-order valence-electron chi connectivity index (χ0n) is 19.6. The molecule has 0 heterocycles. The molecule has 1 amide bonds. The maximum atomic E-state index is 11.7. The van der Waals surface area contributed by atoms with Crippen LogP contribution in [0.3, 0.4) is 0 Å². The van der Waals surface area contributed by atoms with Crippen molar-refractivity contribution >= 4 is 23.9 Å². The molecular formula is C24H38N6O2. The number of carbonyl (C=O) groups is 2. The van der Waals surface area contributed by atoms with Crippen molar-refractivity contribution in [3.63, 3.8) is 0 Å². The maximum absolute atomic E-state index is 11.7. The van der Waals surface area contributed by atoms with Crippen molar-refractivity contribution in [3.05, 3.63) is 71.3 Å². The minimum Gasteiger partial charge on any atom is -0.384 e. The molecule has 0 saturated heterocycles. The molecule has 0 aliphatic rings. The molecule has 176 valence electrons. The average molecular weight is 443 g/mol. The van der Waals surface area contributed by atoms with Crippen LogP contribution in [0.2, 0.25) is 0 Å². The predicted molar refractivity (Wildman–Crippen MR) is 134 cm³/mol. The average Bonchev–Trinajstić information content (AvgIpc) is 2.80. The highest BCUT2D eigenvalue weighted by Gasteiger charge is 2.03. The van der Waals surface area contributed by atoms with Gasteiger partial charge < -0.3 is 22.1 Å².